The lowest BCUT2D eigenvalue weighted by molar-refractivity contribution is -0.0628. The Morgan fingerprint density at radius 1 is 1.43 bits per heavy atom. The number of piperidine rings is 1. The molecule has 4 heterocycles. The van der Waals surface area contributed by atoms with Crippen LogP contribution in [0.3, 0.4) is 0 Å². The van der Waals surface area contributed by atoms with Gasteiger partial charge in [-0.05, 0) is 6.42 Å². The van der Waals surface area contributed by atoms with Crippen molar-refractivity contribution in [3.8, 4) is 0 Å². The number of amides is 1. The zero-order valence-corrected chi connectivity index (χ0v) is 13.2. The van der Waals surface area contributed by atoms with E-state index in [2.05, 4.69) is 15.3 Å². The summed E-state index contributed by atoms with van der Waals surface area (Å²) >= 11 is 0. The molecular weight excluding hydrogens is 298 g/mol. The first-order chi connectivity index (χ1) is 11.1. The minimum absolute atomic E-state index is 0.0590. The van der Waals surface area contributed by atoms with Gasteiger partial charge in [-0.2, -0.15) is 0 Å². The van der Waals surface area contributed by atoms with Crippen molar-refractivity contribution in [2.45, 2.75) is 44.9 Å². The van der Waals surface area contributed by atoms with Crippen molar-refractivity contribution < 1.29 is 13.9 Å². The number of likely N-dealkylation sites (tertiary alicyclic amines) is 1. The maximum absolute atomic E-state index is 12.8. The van der Waals surface area contributed by atoms with Gasteiger partial charge in [-0.3, -0.25) is 4.79 Å². The SMILES string of the molecule is CC(C)c1ocnc1C(=O)N1CC[C@H]2[C@H](C1)OCc1cnnn12. The number of oxazole rings is 1. The molecule has 8 heteroatoms. The van der Waals surface area contributed by atoms with Crippen LogP contribution >= 0.6 is 0 Å². The first-order valence-corrected chi connectivity index (χ1v) is 7.88. The van der Waals surface area contributed by atoms with E-state index in [1.807, 2.05) is 18.5 Å². The van der Waals surface area contributed by atoms with Gasteiger partial charge >= 0.3 is 0 Å². The average molecular weight is 317 g/mol. The van der Waals surface area contributed by atoms with E-state index in [0.29, 0.717) is 31.2 Å². The Bertz CT molecular complexity index is 722. The molecule has 4 rings (SSSR count). The number of hydrogen-bond acceptors (Lipinski definition) is 6. The van der Waals surface area contributed by atoms with E-state index in [4.69, 9.17) is 9.15 Å². The molecular formula is C15H19N5O3. The van der Waals surface area contributed by atoms with Crippen LogP contribution < -0.4 is 0 Å². The summed E-state index contributed by atoms with van der Waals surface area (Å²) in [6.45, 7) is 5.64. The second-order valence-corrected chi connectivity index (χ2v) is 6.35. The minimum atomic E-state index is -0.0890. The minimum Gasteiger partial charge on any atom is -0.447 e. The molecule has 0 N–H and O–H groups in total. The number of hydrogen-bond donors (Lipinski definition) is 0. The Morgan fingerprint density at radius 3 is 3.13 bits per heavy atom. The van der Waals surface area contributed by atoms with E-state index in [0.717, 1.165) is 12.1 Å². The molecule has 0 saturated carbocycles. The average Bonchev–Trinajstić information content (AvgIpc) is 3.22. The molecule has 1 fully saturated rings. The lowest BCUT2D eigenvalue weighted by Gasteiger charge is -2.40. The molecule has 1 saturated heterocycles. The van der Waals surface area contributed by atoms with Crippen LogP contribution in [0.15, 0.2) is 17.0 Å². The van der Waals surface area contributed by atoms with Crippen molar-refractivity contribution >= 4 is 5.91 Å². The smallest absolute Gasteiger partial charge is 0.276 e. The summed E-state index contributed by atoms with van der Waals surface area (Å²) in [6, 6.07) is 0.146. The largest absolute Gasteiger partial charge is 0.447 e. The van der Waals surface area contributed by atoms with E-state index in [-0.39, 0.29) is 24.0 Å². The normalized spacial score (nSPS) is 23.7. The Labute approximate surface area is 133 Å². The molecule has 0 radical (unpaired) electrons. The van der Waals surface area contributed by atoms with Crippen molar-refractivity contribution in [3.63, 3.8) is 0 Å². The fourth-order valence-electron chi connectivity index (χ4n) is 3.35. The summed E-state index contributed by atoms with van der Waals surface area (Å²) in [5.74, 6) is 0.673. The predicted octanol–water partition coefficient (Wildman–Crippen LogP) is 1.38. The summed E-state index contributed by atoms with van der Waals surface area (Å²) in [6.07, 6.45) is 3.81. The van der Waals surface area contributed by atoms with Gasteiger partial charge in [-0.15, -0.1) is 5.10 Å². The van der Waals surface area contributed by atoms with Gasteiger partial charge in [0, 0.05) is 19.0 Å². The van der Waals surface area contributed by atoms with Crippen LogP contribution in [-0.4, -0.2) is 50.0 Å². The Kier molecular flexibility index (Phi) is 3.41. The third-order valence-corrected chi connectivity index (χ3v) is 4.54. The van der Waals surface area contributed by atoms with E-state index in [9.17, 15) is 4.79 Å². The topological polar surface area (TPSA) is 86.3 Å². The molecule has 0 spiro atoms. The highest BCUT2D eigenvalue weighted by atomic mass is 16.5. The number of rotatable bonds is 2. The molecule has 2 aliphatic rings. The summed E-state index contributed by atoms with van der Waals surface area (Å²) in [7, 11) is 0. The van der Waals surface area contributed by atoms with Crippen molar-refractivity contribution in [3.05, 3.63) is 29.7 Å². The molecule has 2 aromatic rings. The van der Waals surface area contributed by atoms with Gasteiger partial charge in [0.2, 0.25) is 0 Å². The number of carbonyl (C=O) groups excluding carboxylic acids is 1. The number of fused-ring (bicyclic) bond motifs is 3. The zero-order chi connectivity index (χ0) is 16.0. The van der Waals surface area contributed by atoms with Crippen molar-refractivity contribution in [2.75, 3.05) is 13.1 Å². The Morgan fingerprint density at radius 2 is 2.30 bits per heavy atom. The Hall–Kier alpha value is -2.22. The van der Waals surface area contributed by atoms with E-state index >= 15 is 0 Å². The van der Waals surface area contributed by atoms with Crippen LogP contribution in [0.5, 0.6) is 0 Å². The molecule has 0 unspecified atom stereocenters. The highest BCUT2D eigenvalue weighted by molar-refractivity contribution is 5.93. The molecule has 1 amide bonds. The summed E-state index contributed by atoms with van der Waals surface area (Å²) in [5.41, 5.74) is 1.40. The predicted molar refractivity (Wildman–Crippen MR) is 78.7 cm³/mol. The van der Waals surface area contributed by atoms with Crippen LogP contribution in [-0.2, 0) is 11.3 Å². The number of nitrogens with zero attached hydrogens (tertiary/aromatic N) is 5. The Balaban J connectivity index is 1.53. The van der Waals surface area contributed by atoms with Crippen LogP contribution in [0.2, 0.25) is 0 Å². The van der Waals surface area contributed by atoms with Gasteiger partial charge < -0.3 is 14.1 Å². The van der Waals surface area contributed by atoms with Crippen molar-refractivity contribution in [1.29, 1.82) is 0 Å². The third-order valence-electron chi connectivity index (χ3n) is 4.54. The molecule has 0 aliphatic carbocycles. The zero-order valence-electron chi connectivity index (χ0n) is 13.2. The van der Waals surface area contributed by atoms with Crippen LogP contribution in [0, 0.1) is 0 Å². The van der Waals surface area contributed by atoms with Crippen molar-refractivity contribution in [2.24, 2.45) is 0 Å². The second-order valence-electron chi connectivity index (χ2n) is 6.35. The van der Waals surface area contributed by atoms with Crippen LogP contribution in [0.1, 0.15) is 54.2 Å². The molecule has 0 bridgehead atoms. The van der Waals surface area contributed by atoms with Gasteiger partial charge in [0.1, 0.15) is 5.76 Å². The molecule has 8 nitrogen and oxygen atoms in total. The van der Waals surface area contributed by atoms with E-state index in [1.54, 1.807) is 11.1 Å². The quantitative estimate of drug-likeness (QED) is 0.831. The van der Waals surface area contributed by atoms with Gasteiger partial charge in [-0.1, -0.05) is 19.1 Å². The lowest BCUT2D eigenvalue weighted by Crippen LogP contribution is -2.50. The first kappa shape index (κ1) is 14.4. The number of aromatic nitrogens is 4. The molecule has 2 aliphatic heterocycles. The second kappa shape index (κ2) is 5.45. The van der Waals surface area contributed by atoms with Gasteiger partial charge in [0.25, 0.3) is 5.91 Å². The third kappa shape index (κ3) is 2.33. The number of ether oxygens (including phenoxy) is 1. The maximum Gasteiger partial charge on any atom is 0.276 e. The standard InChI is InChI=1S/C15H19N5O3/c1-9(2)14-13(16-8-23-14)15(21)19-4-3-11-12(6-19)22-7-10-5-17-18-20(10)11/h5,8-9,11-12H,3-4,6-7H2,1-2H3/t11-,12-/m0/s1. The lowest BCUT2D eigenvalue weighted by atomic mass is 9.99. The molecule has 122 valence electrons. The maximum atomic E-state index is 12.8. The first-order valence-electron chi connectivity index (χ1n) is 7.88. The fraction of sp³-hybridized carbons (Fsp3) is 0.600. The highest BCUT2D eigenvalue weighted by Crippen LogP contribution is 2.31. The van der Waals surface area contributed by atoms with Gasteiger partial charge in [0.05, 0.1) is 30.6 Å². The van der Waals surface area contributed by atoms with E-state index in [1.165, 1.54) is 6.39 Å². The molecule has 23 heavy (non-hydrogen) atoms. The van der Waals surface area contributed by atoms with Gasteiger partial charge in [-0.25, -0.2) is 9.67 Å². The highest BCUT2D eigenvalue weighted by Gasteiger charge is 2.38. The monoisotopic (exact) mass is 317 g/mol. The van der Waals surface area contributed by atoms with Crippen LogP contribution in [0.4, 0.5) is 0 Å². The summed E-state index contributed by atoms with van der Waals surface area (Å²) in [4.78, 5) is 18.7. The number of carbonyl (C=O) groups is 1. The fourth-order valence-corrected chi connectivity index (χ4v) is 3.35. The molecule has 2 atom stereocenters. The van der Waals surface area contributed by atoms with Crippen molar-refractivity contribution in [1.82, 2.24) is 24.9 Å². The molecule has 2 aromatic heterocycles. The molecule has 0 aromatic carbocycles. The van der Waals surface area contributed by atoms with E-state index < -0.39 is 0 Å². The van der Waals surface area contributed by atoms with Crippen LogP contribution in [0.25, 0.3) is 0 Å². The summed E-state index contributed by atoms with van der Waals surface area (Å²) < 4.78 is 13.2. The van der Waals surface area contributed by atoms with Gasteiger partial charge in [0.15, 0.2) is 12.1 Å². The summed E-state index contributed by atoms with van der Waals surface area (Å²) in [5, 5.41) is 8.10.